The minimum absolute atomic E-state index is 0.134. The third kappa shape index (κ3) is 2.60. The number of rotatable bonds is 2. The summed E-state index contributed by atoms with van der Waals surface area (Å²) in [5.41, 5.74) is 0.983. The topological polar surface area (TPSA) is 57.5 Å². The number of halogens is 1. The summed E-state index contributed by atoms with van der Waals surface area (Å²) in [7, 11) is 0. The van der Waals surface area contributed by atoms with Crippen LogP contribution < -0.4 is 0 Å². The molecule has 2 N–H and O–H groups in total. The van der Waals surface area contributed by atoms with E-state index in [1.807, 2.05) is 0 Å². The van der Waals surface area contributed by atoms with E-state index in [-0.39, 0.29) is 11.3 Å². The molecular formula is C10H9BrO3. The molecular weight excluding hydrogens is 248 g/mol. The number of aromatic hydroxyl groups is 1. The molecule has 3 nitrogen and oxygen atoms in total. The molecule has 1 aromatic carbocycles. The second-order valence-electron chi connectivity index (χ2n) is 2.84. The fourth-order valence-electron chi connectivity index (χ4n) is 0.925. The molecule has 0 aliphatic carbocycles. The smallest absolute Gasteiger partial charge is 0.331 e. The van der Waals surface area contributed by atoms with Gasteiger partial charge in [0, 0.05) is 5.57 Å². The van der Waals surface area contributed by atoms with E-state index in [0.717, 1.165) is 5.56 Å². The molecule has 0 unspecified atom stereocenters. The Hall–Kier alpha value is -1.29. The Morgan fingerprint density at radius 3 is 2.64 bits per heavy atom. The highest BCUT2D eigenvalue weighted by atomic mass is 79.9. The standard InChI is InChI=1S/C10H9BrO3/c1-6(10(13)14)4-7-2-3-9(12)8(11)5-7/h2-5,12H,1H3,(H,13,14)/b6-4+. The lowest BCUT2D eigenvalue weighted by Crippen LogP contribution is -1.95. The van der Waals surface area contributed by atoms with Crippen molar-refractivity contribution in [1.29, 1.82) is 0 Å². The maximum absolute atomic E-state index is 10.5. The molecule has 0 aliphatic rings. The molecule has 0 amide bonds. The van der Waals surface area contributed by atoms with Crippen molar-refractivity contribution in [3.63, 3.8) is 0 Å². The van der Waals surface area contributed by atoms with E-state index in [1.54, 1.807) is 12.1 Å². The molecule has 0 radical (unpaired) electrons. The van der Waals surface area contributed by atoms with Crippen LogP contribution in [-0.4, -0.2) is 16.2 Å². The molecule has 0 saturated heterocycles. The lowest BCUT2D eigenvalue weighted by molar-refractivity contribution is -0.132. The van der Waals surface area contributed by atoms with Crippen LogP contribution in [0.25, 0.3) is 6.08 Å². The van der Waals surface area contributed by atoms with Crippen molar-refractivity contribution in [2.45, 2.75) is 6.92 Å². The Bertz CT molecular complexity index is 396. The molecule has 14 heavy (non-hydrogen) atoms. The van der Waals surface area contributed by atoms with Crippen LogP contribution in [0.4, 0.5) is 0 Å². The van der Waals surface area contributed by atoms with Crippen molar-refractivity contribution in [1.82, 2.24) is 0 Å². The zero-order valence-corrected chi connectivity index (χ0v) is 9.08. The summed E-state index contributed by atoms with van der Waals surface area (Å²) < 4.78 is 0.546. The first-order valence-electron chi connectivity index (χ1n) is 3.91. The lowest BCUT2D eigenvalue weighted by Gasteiger charge is -1.99. The predicted molar refractivity (Wildman–Crippen MR) is 57.1 cm³/mol. The molecule has 4 heteroatoms. The van der Waals surface area contributed by atoms with E-state index in [2.05, 4.69) is 15.9 Å². The quantitative estimate of drug-likeness (QED) is 0.800. The molecule has 0 aromatic heterocycles. The van der Waals surface area contributed by atoms with E-state index < -0.39 is 5.97 Å². The minimum atomic E-state index is -0.950. The zero-order valence-electron chi connectivity index (χ0n) is 7.49. The van der Waals surface area contributed by atoms with E-state index >= 15 is 0 Å². The van der Waals surface area contributed by atoms with Gasteiger partial charge in [0.25, 0.3) is 0 Å². The van der Waals surface area contributed by atoms with Gasteiger partial charge in [0.05, 0.1) is 4.47 Å². The zero-order chi connectivity index (χ0) is 10.7. The second-order valence-corrected chi connectivity index (χ2v) is 3.70. The molecule has 1 rings (SSSR count). The van der Waals surface area contributed by atoms with E-state index in [9.17, 15) is 9.90 Å². The number of carboxylic acid groups (broad SMARTS) is 1. The van der Waals surface area contributed by atoms with Gasteiger partial charge in [-0.3, -0.25) is 0 Å². The van der Waals surface area contributed by atoms with Crippen molar-refractivity contribution in [2.24, 2.45) is 0 Å². The van der Waals surface area contributed by atoms with Gasteiger partial charge in [-0.05, 0) is 46.6 Å². The van der Waals surface area contributed by atoms with Crippen LogP contribution in [0.5, 0.6) is 5.75 Å². The van der Waals surface area contributed by atoms with Crippen molar-refractivity contribution in [3.8, 4) is 5.75 Å². The van der Waals surface area contributed by atoms with Crippen LogP contribution in [0.3, 0.4) is 0 Å². The largest absolute Gasteiger partial charge is 0.507 e. The van der Waals surface area contributed by atoms with Crippen LogP contribution in [0, 0.1) is 0 Å². The Morgan fingerprint density at radius 1 is 1.50 bits per heavy atom. The van der Waals surface area contributed by atoms with Crippen LogP contribution in [0.15, 0.2) is 28.2 Å². The molecule has 0 atom stereocenters. The average molecular weight is 257 g/mol. The number of hydrogen-bond donors (Lipinski definition) is 2. The minimum Gasteiger partial charge on any atom is -0.507 e. The third-order valence-electron chi connectivity index (χ3n) is 1.69. The van der Waals surface area contributed by atoms with Gasteiger partial charge in [0.15, 0.2) is 0 Å². The fourth-order valence-corrected chi connectivity index (χ4v) is 1.32. The van der Waals surface area contributed by atoms with Gasteiger partial charge in [-0.25, -0.2) is 4.79 Å². The summed E-state index contributed by atoms with van der Waals surface area (Å²) in [5, 5.41) is 17.8. The molecule has 1 aromatic rings. The molecule has 74 valence electrons. The van der Waals surface area contributed by atoms with Crippen LogP contribution in [0.2, 0.25) is 0 Å². The average Bonchev–Trinajstić information content (AvgIpc) is 2.11. The summed E-state index contributed by atoms with van der Waals surface area (Å²) in [4.78, 5) is 10.5. The van der Waals surface area contributed by atoms with Crippen molar-refractivity contribution < 1.29 is 15.0 Å². The van der Waals surface area contributed by atoms with Gasteiger partial charge in [0.1, 0.15) is 5.75 Å². The van der Waals surface area contributed by atoms with E-state index in [0.29, 0.717) is 4.47 Å². The first-order chi connectivity index (χ1) is 6.50. The molecule has 0 bridgehead atoms. The normalized spacial score (nSPS) is 11.4. The number of aliphatic carboxylic acids is 1. The summed E-state index contributed by atoms with van der Waals surface area (Å²) in [6.45, 7) is 1.52. The first kappa shape index (κ1) is 10.8. The van der Waals surface area contributed by atoms with Crippen LogP contribution >= 0.6 is 15.9 Å². The monoisotopic (exact) mass is 256 g/mol. The number of phenolic OH excluding ortho intramolecular Hbond substituents is 1. The molecule has 0 heterocycles. The number of benzene rings is 1. The Kier molecular flexibility index (Phi) is 3.30. The van der Waals surface area contributed by atoms with Crippen molar-refractivity contribution >= 4 is 28.0 Å². The van der Waals surface area contributed by atoms with Crippen molar-refractivity contribution in [3.05, 3.63) is 33.8 Å². The van der Waals surface area contributed by atoms with Gasteiger partial charge in [-0.2, -0.15) is 0 Å². The maximum atomic E-state index is 10.5. The summed E-state index contributed by atoms with van der Waals surface area (Å²) in [6.07, 6.45) is 1.53. The Morgan fingerprint density at radius 2 is 2.14 bits per heavy atom. The highest BCUT2D eigenvalue weighted by Gasteiger charge is 2.01. The van der Waals surface area contributed by atoms with Gasteiger partial charge < -0.3 is 10.2 Å². The highest BCUT2D eigenvalue weighted by Crippen LogP contribution is 2.25. The van der Waals surface area contributed by atoms with Crippen LogP contribution in [-0.2, 0) is 4.79 Å². The van der Waals surface area contributed by atoms with Gasteiger partial charge >= 0.3 is 5.97 Å². The Balaban J connectivity index is 3.04. The van der Waals surface area contributed by atoms with Gasteiger partial charge in [0.2, 0.25) is 0 Å². The molecule has 0 aliphatic heterocycles. The highest BCUT2D eigenvalue weighted by molar-refractivity contribution is 9.10. The molecule has 0 saturated carbocycles. The summed E-state index contributed by atoms with van der Waals surface area (Å²) in [6, 6.07) is 4.80. The SMILES string of the molecule is C/C(=C\c1ccc(O)c(Br)c1)C(=O)O. The van der Waals surface area contributed by atoms with E-state index in [1.165, 1.54) is 19.1 Å². The molecule has 0 spiro atoms. The first-order valence-corrected chi connectivity index (χ1v) is 4.70. The summed E-state index contributed by atoms with van der Waals surface area (Å²) >= 11 is 3.15. The molecule has 0 fully saturated rings. The fraction of sp³-hybridized carbons (Fsp3) is 0.100. The maximum Gasteiger partial charge on any atom is 0.331 e. The number of carbonyl (C=O) groups is 1. The number of phenols is 1. The number of hydrogen-bond acceptors (Lipinski definition) is 2. The van der Waals surface area contributed by atoms with E-state index in [4.69, 9.17) is 5.11 Å². The lowest BCUT2D eigenvalue weighted by atomic mass is 10.1. The predicted octanol–water partition coefficient (Wildman–Crippen LogP) is 2.64. The third-order valence-corrected chi connectivity index (χ3v) is 2.33. The summed E-state index contributed by atoms with van der Waals surface area (Å²) in [5.74, 6) is -0.815. The van der Waals surface area contributed by atoms with Gasteiger partial charge in [-0.15, -0.1) is 0 Å². The van der Waals surface area contributed by atoms with Crippen molar-refractivity contribution in [2.75, 3.05) is 0 Å². The Labute approximate surface area is 89.8 Å². The van der Waals surface area contributed by atoms with Crippen LogP contribution in [0.1, 0.15) is 12.5 Å². The van der Waals surface area contributed by atoms with Gasteiger partial charge in [-0.1, -0.05) is 6.07 Å². The second kappa shape index (κ2) is 4.28. The number of carboxylic acids is 1.